The van der Waals surface area contributed by atoms with Crippen molar-refractivity contribution < 1.29 is 4.79 Å². The number of carbonyl (C=O) groups is 1. The van der Waals surface area contributed by atoms with Crippen LogP contribution in [0.3, 0.4) is 0 Å². The molecule has 0 aromatic heterocycles. The summed E-state index contributed by atoms with van der Waals surface area (Å²) in [6, 6.07) is 0.495. The quantitative estimate of drug-likeness (QED) is 0.684. The van der Waals surface area contributed by atoms with Crippen LogP contribution >= 0.6 is 0 Å². The molecule has 0 aromatic rings. The van der Waals surface area contributed by atoms with Crippen LogP contribution in [0.4, 0.5) is 0 Å². The van der Waals surface area contributed by atoms with Crippen LogP contribution in [0.25, 0.3) is 0 Å². The van der Waals surface area contributed by atoms with Gasteiger partial charge in [-0.05, 0) is 18.3 Å². The van der Waals surface area contributed by atoms with Crippen LogP contribution in [0.15, 0.2) is 0 Å². The fourth-order valence-electron chi connectivity index (χ4n) is 2.57. The van der Waals surface area contributed by atoms with Gasteiger partial charge in [-0.15, -0.1) is 0 Å². The molecular formula is C13H25NO. The highest BCUT2D eigenvalue weighted by Gasteiger charge is 2.38. The lowest BCUT2D eigenvalue weighted by Gasteiger charge is -2.29. The number of hydrogen-bond acceptors (Lipinski definition) is 1. The third kappa shape index (κ3) is 3.22. The summed E-state index contributed by atoms with van der Waals surface area (Å²) in [5, 5.41) is 0. The summed E-state index contributed by atoms with van der Waals surface area (Å²) in [4.78, 5) is 14.0. The Morgan fingerprint density at radius 3 is 2.13 bits per heavy atom. The molecule has 0 aromatic carbocycles. The molecule has 0 atom stereocenters. The third-order valence-electron chi connectivity index (χ3n) is 3.23. The molecule has 1 amide bonds. The van der Waals surface area contributed by atoms with Crippen molar-refractivity contribution in [1.29, 1.82) is 0 Å². The summed E-state index contributed by atoms with van der Waals surface area (Å²) in [6.07, 6.45) is 5.41. The first-order chi connectivity index (χ1) is 7.00. The first kappa shape index (κ1) is 12.5. The molecule has 1 aliphatic rings. The molecule has 0 N–H and O–H groups in total. The van der Waals surface area contributed by atoms with E-state index in [9.17, 15) is 4.79 Å². The number of amides is 1. The monoisotopic (exact) mass is 211 g/mol. The molecule has 0 spiro atoms. The van der Waals surface area contributed by atoms with Gasteiger partial charge in [-0.3, -0.25) is 4.79 Å². The first-order valence-corrected chi connectivity index (χ1v) is 6.29. The predicted octanol–water partition coefficient (Wildman–Crippen LogP) is 3.21. The van der Waals surface area contributed by atoms with E-state index in [1.165, 1.54) is 12.8 Å². The molecule has 1 heterocycles. The molecule has 0 saturated carbocycles. The Morgan fingerprint density at radius 2 is 1.80 bits per heavy atom. The summed E-state index contributed by atoms with van der Waals surface area (Å²) in [6.45, 7) is 9.75. The average Bonchev–Trinajstić information content (AvgIpc) is 2.39. The largest absolute Gasteiger partial charge is 0.339 e. The Kier molecular flexibility index (Phi) is 4.18. The molecule has 0 bridgehead atoms. The maximum atomic E-state index is 11.9. The summed E-state index contributed by atoms with van der Waals surface area (Å²) >= 11 is 0. The molecule has 2 heteroatoms. The van der Waals surface area contributed by atoms with E-state index in [2.05, 4.69) is 32.6 Å². The van der Waals surface area contributed by atoms with Crippen molar-refractivity contribution >= 4 is 5.91 Å². The lowest BCUT2D eigenvalue weighted by Crippen LogP contribution is -2.37. The van der Waals surface area contributed by atoms with Gasteiger partial charge in [0.05, 0.1) is 0 Å². The molecule has 1 fully saturated rings. The molecule has 1 aliphatic heterocycles. The normalized spacial score (nSPS) is 20.3. The van der Waals surface area contributed by atoms with Crippen LogP contribution in [0, 0.1) is 5.41 Å². The molecule has 2 nitrogen and oxygen atoms in total. The minimum absolute atomic E-state index is 0.191. The minimum Gasteiger partial charge on any atom is -0.339 e. The summed E-state index contributed by atoms with van der Waals surface area (Å²) in [5.41, 5.74) is 0.191. The highest BCUT2D eigenvalue weighted by molar-refractivity contribution is 5.79. The lowest BCUT2D eigenvalue weighted by atomic mass is 9.93. The summed E-state index contributed by atoms with van der Waals surface area (Å²) in [5.74, 6) is 0.368. The zero-order valence-electron chi connectivity index (χ0n) is 10.7. The standard InChI is InChI=1S/C13H25NO/c1-5-7-11(8-6-2)14-10-13(3,4)9-12(14)15/h11H,5-10H2,1-4H3. The summed E-state index contributed by atoms with van der Waals surface area (Å²) < 4.78 is 0. The van der Waals surface area contributed by atoms with E-state index in [1.54, 1.807) is 0 Å². The summed E-state index contributed by atoms with van der Waals surface area (Å²) in [7, 11) is 0. The van der Waals surface area contributed by atoms with Crippen LogP contribution in [0.1, 0.15) is 59.8 Å². The first-order valence-electron chi connectivity index (χ1n) is 6.29. The van der Waals surface area contributed by atoms with Gasteiger partial charge in [-0.25, -0.2) is 0 Å². The zero-order chi connectivity index (χ0) is 11.5. The second-order valence-electron chi connectivity index (χ2n) is 5.59. The molecule has 88 valence electrons. The van der Waals surface area contributed by atoms with Gasteiger partial charge in [0, 0.05) is 19.0 Å². The van der Waals surface area contributed by atoms with Gasteiger partial charge >= 0.3 is 0 Å². The Hall–Kier alpha value is -0.530. The maximum absolute atomic E-state index is 11.9. The van der Waals surface area contributed by atoms with Gasteiger partial charge in [0.15, 0.2) is 0 Å². The van der Waals surface area contributed by atoms with Gasteiger partial charge in [-0.1, -0.05) is 40.5 Å². The van der Waals surface area contributed by atoms with Gasteiger partial charge < -0.3 is 4.90 Å². The second-order valence-corrected chi connectivity index (χ2v) is 5.59. The molecular weight excluding hydrogens is 186 g/mol. The fourth-order valence-corrected chi connectivity index (χ4v) is 2.57. The topological polar surface area (TPSA) is 20.3 Å². The number of rotatable bonds is 5. The Morgan fingerprint density at radius 1 is 1.27 bits per heavy atom. The Bertz CT molecular complexity index is 217. The van der Waals surface area contributed by atoms with Crippen LogP contribution < -0.4 is 0 Å². The van der Waals surface area contributed by atoms with Crippen molar-refractivity contribution in [3.05, 3.63) is 0 Å². The predicted molar refractivity (Wildman–Crippen MR) is 63.7 cm³/mol. The average molecular weight is 211 g/mol. The smallest absolute Gasteiger partial charge is 0.223 e. The van der Waals surface area contributed by atoms with E-state index < -0.39 is 0 Å². The number of hydrogen-bond donors (Lipinski definition) is 0. The van der Waals surface area contributed by atoms with E-state index in [0.29, 0.717) is 11.9 Å². The van der Waals surface area contributed by atoms with Crippen LogP contribution in [0.5, 0.6) is 0 Å². The van der Waals surface area contributed by atoms with Crippen molar-refractivity contribution in [2.24, 2.45) is 5.41 Å². The van der Waals surface area contributed by atoms with Crippen LogP contribution in [-0.4, -0.2) is 23.4 Å². The lowest BCUT2D eigenvalue weighted by molar-refractivity contribution is -0.130. The molecule has 1 rings (SSSR count). The highest BCUT2D eigenvalue weighted by Crippen LogP contribution is 2.33. The molecule has 0 radical (unpaired) electrons. The zero-order valence-corrected chi connectivity index (χ0v) is 10.7. The van der Waals surface area contributed by atoms with E-state index in [1.807, 2.05) is 0 Å². The molecule has 15 heavy (non-hydrogen) atoms. The number of likely N-dealkylation sites (tertiary alicyclic amines) is 1. The van der Waals surface area contributed by atoms with Crippen molar-refractivity contribution in [3.8, 4) is 0 Å². The fraction of sp³-hybridized carbons (Fsp3) is 0.923. The van der Waals surface area contributed by atoms with Crippen molar-refractivity contribution in [2.75, 3.05) is 6.54 Å². The van der Waals surface area contributed by atoms with Crippen molar-refractivity contribution in [1.82, 2.24) is 4.90 Å². The second kappa shape index (κ2) is 5.00. The Labute approximate surface area is 94.0 Å². The number of carbonyl (C=O) groups excluding carboxylic acids is 1. The highest BCUT2D eigenvalue weighted by atomic mass is 16.2. The van der Waals surface area contributed by atoms with Crippen molar-refractivity contribution in [3.63, 3.8) is 0 Å². The van der Waals surface area contributed by atoms with E-state index in [-0.39, 0.29) is 5.41 Å². The van der Waals surface area contributed by atoms with E-state index >= 15 is 0 Å². The van der Waals surface area contributed by atoms with E-state index in [0.717, 1.165) is 25.8 Å². The minimum atomic E-state index is 0.191. The molecule has 0 aliphatic carbocycles. The van der Waals surface area contributed by atoms with Gasteiger partial charge in [0.2, 0.25) is 5.91 Å². The van der Waals surface area contributed by atoms with Gasteiger partial charge in [0.25, 0.3) is 0 Å². The number of nitrogens with zero attached hydrogens (tertiary/aromatic N) is 1. The molecule has 1 saturated heterocycles. The van der Waals surface area contributed by atoms with E-state index in [4.69, 9.17) is 0 Å². The molecule has 0 unspecified atom stereocenters. The van der Waals surface area contributed by atoms with Crippen molar-refractivity contribution in [2.45, 2.75) is 65.8 Å². The van der Waals surface area contributed by atoms with Gasteiger partial charge in [0.1, 0.15) is 0 Å². The van der Waals surface area contributed by atoms with Gasteiger partial charge in [-0.2, -0.15) is 0 Å². The SMILES string of the molecule is CCCC(CCC)N1CC(C)(C)CC1=O. The van der Waals surface area contributed by atoms with Crippen LogP contribution in [-0.2, 0) is 4.79 Å². The third-order valence-corrected chi connectivity index (χ3v) is 3.23. The van der Waals surface area contributed by atoms with Crippen LogP contribution in [0.2, 0.25) is 0 Å². The Balaban J connectivity index is 2.63. The maximum Gasteiger partial charge on any atom is 0.223 e.